The summed E-state index contributed by atoms with van der Waals surface area (Å²) in [4.78, 5) is 24.0. The van der Waals surface area contributed by atoms with E-state index >= 15 is 0 Å². The van der Waals surface area contributed by atoms with Gasteiger partial charge in [-0.05, 0) is 37.1 Å². The zero-order valence-corrected chi connectivity index (χ0v) is 21.9. The Kier molecular flexibility index (Phi) is 15.0. The van der Waals surface area contributed by atoms with Crippen molar-refractivity contribution in [1.29, 1.82) is 0 Å². The van der Waals surface area contributed by atoms with Crippen LogP contribution < -0.4 is 20.3 Å². The number of nitrogens with zero attached hydrogens (tertiary/aromatic N) is 2. The molecule has 0 unspecified atom stereocenters. The van der Waals surface area contributed by atoms with E-state index in [4.69, 9.17) is 9.47 Å². The van der Waals surface area contributed by atoms with Crippen molar-refractivity contribution in [2.75, 3.05) is 13.2 Å². The van der Waals surface area contributed by atoms with E-state index in [1.54, 1.807) is 24.6 Å². The Bertz CT molecular complexity index is 996. The molecule has 0 radical (unpaired) electrons. The number of para-hydroxylation sites is 2. The number of benzene rings is 2. The molecular weight excluding hydrogens is 480 g/mol. The molecule has 38 heavy (non-hydrogen) atoms. The topological polar surface area (TPSA) is 101 Å². The maximum Gasteiger partial charge on any atom is 0.240 e. The SMILES string of the molecule is C=CCOc1ccccc1/C=N/NC(=O)CCCCCCCCC(=O)N/N=C/c1ccccc1OCC=C. The van der Waals surface area contributed by atoms with Gasteiger partial charge >= 0.3 is 0 Å². The number of hydrogen-bond acceptors (Lipinski definition) is 6. The van der Waals surface area contributed by atoms with Gasteiger partial charge in [0, 0.05) is 24.0 Å². The number of carbonyl (C=O) groups excluding carboxylic acids is 2. The summed E-state index contributed by atoms with van der Waals surface area (Å²) in [6, 6.07) is 14.9. The summed E-state index contributed by atoms with van der Waals surface area (Å²) in [7, 11) is 0. The average Bonchev–Trinajstić information content (AvgIpc) is 2.93. The highest BCUT2D eigenvalue weighted by Crippen LogP contribution is 2.16. The van der Waals surface area contributed by atoms with Crippen molar-refractivity contribution in [3.05, 3.63) is 85.0 Å². The second kappa shape index (κ2) is 19.0. The summed E-state index contributed by atoms with van der Waals surface area (Å²) >= 11 is 0. The molecule has 0 heterocycles. The smallest absolute Gasteiger partial charge is 0.240 e. The summed E-state index contributed by atoms with van der Waals surface area (Å²) in [5, 5.41) is 8.07. The number of amides is 2. The van der Waals surface area contributed by atoms with E-state index in [0.717, 1.165) is 49.7 Å². The van der Waals surface area contributed by atoms with Crippen molar-refractivity contribution < 1.29 is 19.1 Å². The van der Waals surface area contributed by atoms with Gasteiger partial charge in [0.1, 0.15) is 24.7 Å². The quantitative estimate of drug-likeness (QED) is 0.110. The van der Waals surface area contributed by atoms with E-state index < -0.39 is 0 Å². The second-order valence-electron chi connectivity index (χ2n) is 8.48. The number of rotatable bonds is 19. The zero-order valence-electron chi connectivity index (χ0n) is 21.9. The van der Waals surface area contributed by atoms with Crippen LogP contribution in [0.3, 0.4) is 0 Å². The first-order valence-electron chi connectivity index (χ1n) is 12.9. The van der Waals surface area contributed by atoms with Crippen LogP contribution in [0, 0.1) is 0 Å². The minimum atomic E-state index is -0.113. The molecule has 2 aromatic rings. The number of carbonyl (C=O) groups is 2. The van der Waals surface area contributed by atoms with Crippen LogP contribution in [-0.4, -0.2) is 37.5 Å². The minimum absolute atomic E-state index is 0.113. The molecule has 8 nitrogen and oxygen atoms in total. The summed E-state index contributed by atoms with van der Waals surface area (Å²) in [6.45, 7) is 8.09. The monoisotopic (exact) mass is 518 g/mol. The van der Waals surface area contributed by atoms with Crippen LogP contribution in [-0.2, 0) is 9.59 Å². The van der Waals surface area contributed by atoms with Crippen molar-refractivity contribution >= 4 is 24.2 Å². The molecule has 0 fully saturated rings. The van der Waals surface area contributed by atoms with E-state index in [0.29, 0.717) is 37.6 Å². The number of hydrogen-bond donors (Lipinski definition) is 2. The lowest BCUT2D eigenvalue weighted by atomic mass is 10.1. The number of unbranched alkanes of at least 4 members (excludes halogenated alkanes) is 5. The number of ether oxygens (including phenoxy) is 2. The van der Waals surface area contributed by atoms with Crippen LogP contribution in [0.4, 0.5) is 0 Å². The molecule has 2 N–H and O–H groups in total. The lowest BCUT2D eigenvalue weighted by Crippen LogP contribution is -2.17. The van der Waals surface area contributed by atoms with Crippen LogP contribution >= 0.6 is 0 Å². The van der Waals surface area contributed by atoms with Gasteiger partial charge in [0.15, 0.2) is 0 Å². The van der Waals surface area contributed by atoms with E-state index in [-0.39, 0.29) is 11.8 Å². The molecule has 202 valence electrons. The van der Waals surface area contributed by atoms with Gasteiger partial charge in [-0.3, -0.25) is 9.59 Å². The van der Waals surface area contributed by atoms with Crippen LogP contribution in [0.5, 0.6) is 11.5 Å². The van der Waals surface area contributed by atoms with Crippen molar-refractivity contribution in [2.24, 2.45) is 10.2 Å². The largest absolute Gasteiger partial charge is 0.489 e. The van der Waals surface area contributed by atoms with Gasteiger partial charge < -0.3 is 9.47 Å². The van der Waals surface area contributed by atoms with Crippen LogP contribution in [0.2, 0.25) is 0 Å². The summed E-state index contributed by atoms with van der Waals surface area (Å²) in [6.07, 6.45) is 12.9. The normalized spacial score (nSPS) is 10.8. The van der Waals surface area contributed by atoms with Crippen molar-refractivity contribution in [3.8, 4) is 11.5 Å². The molecular formula is C30H38N4O4. The Morgan fingerprint density at radius 1 is 0.658 bits per heavy atom. The predicted molar refractivity (Wildman–Crippen MR) is 153 cm³/mol. The molecule has 0 saturated heterocycles. The fraction of sp³-hybridized carbons (Fsp3) is 0.333. The molecule has 2 rings (SSSR count). The van der Waals surface area contributed by atoms with Crippen molar-refractivity contribution in [3.63, 3.8) is 0 Å². The highest BCUT2D eigenvalue weighted by Gasteiger charge is 2.03. The lowest BCUT2D eigenvalue weighted by Gasteiger charge is -2.06. The van der Waals surface area contributed by atoms with Crippen LogP contribution in [0.15, 0.2) is 84.0 Å². The Morgan fingerprint density at radius 3 is 1.47 bits per heavy atom. The Balaban J connectivity index is 1.52. The van der Waals surface area contributed by atoms with Crippen molar-refractivity contribution in [1.82, 2.24) is 10.9 Å². The Hall–Kier alpha value is -4.20. The van der Waals surface area contributed by atoms with Crippen LogP contribution in [0.25, 0.3) is 0 Å². The third-order valence-electron chi connectivity index (χ3n) is 5.39. The van der Waals surface area contributed by atoms with Crippen molar-refractivity contribution in [2.45, 2.75) is 51.4 Å². The highest BCUT2D eigenvalue weighted by atomic mass is 16.5. The molecule has 0 bridgehead atoms. The molecule has 0 aliphatic heterocycles. The summed E-state index contributed by atoms with van der Waals surface area (Å²) in [5.41, 5.74) is 6.70. The fourth-order valence-corrected chi connectivity index (χ4v) is 3.47. The maximum absolute atomic E-state index is 12.0. The molecule has 0 aliphatic carbocycles. The number of hydrazone groups is 2. The Morgan fingerprint density at radius 2 is 1.05 bits per heavy atom. The molecule has 2 amide bonds. The molecule has 0 atom stereocenters. The van der Waals surface area contributed by atoms with Gasteiger partial charge in [0.25, 0.3) is 0 Å². The standard InChI is InChI=1S/C30H38N4O4/c1-3-21-37-27-17-13-11-15-25(27)23-31-33-29(35)19-9-7-5-6-8-10-20-30(36)34-32-24-26-16-12-14-18-28(26)38-22-4-2/h3-4,11-18,23-24H,1-2,5-10,19-22H2,(H,33,35)(H,34,36)/b31-23+,32-24+. The van der Waals surface area contributed by atoms with E-state index in [9.17, 15) is 9.59 Å². The van der Waals surface area contributed by atoms with Crippen LogP contribution in [0.1, 0.15) is 62.5 Å². The molecule has 2 aromatic carbocycles. The average molecular weight is 519 g/mol. The Labute approximate surface area is 225 Å². The third kappa shape index (κ3) is 12.7. The fourth-order valence-electron chi connectivity index (χ4n) is 3.47. The zero-order chi connectivity index (χ0) is 27.3. The number of nitrogens with one attached hydrogen (secondary N) is 2. The molecule has 8 heteroatoms. The molecule has 0 saturated carbocycles. The first kappa shape index (κ1) is 30.0. The highest BCUT2D eigenvalue weighted by molar-refractivity contribution is 5.86. The summed E-state index contributed by atoms with van der Waals surface area (Å²) in [5.74, 6) is 1.15. The van der Waals surface area contributed by atoms with E-state index in [1.165, 1.54) is 0 Å². The molecule has 0 spiro atoms. The van der Waals surface area contributed by atoms with Gasteiger partial charge in [-0.15, -0.1) is 0 Å². The van der Waals surface area contributed by atoms with E-state index in [1.807, 2.05) is 48.5 Å². The summed E-state index contributed by atoms with van der Waals surface area (Å²) < 4.78 is 11.1. The first-order chi connectivity index (χ1) is 18.6. The molecule has 0 aliphatic rings. The first-order valence-corrected chi connectivity index (χ1v) is 12.9. The predicted octanol–water partition coefficient (Wildman–Crippen LogP) is 5.54. The minimum Gasteiger partial charge on any atom is -0.489 e. The van der Waals surface area contributed by atoms with Gasteiger partial charge in [-0.25, -0.2) is 10.9 Å². The van der Waals surface area contributed by atoms with Gasteiger partial charge in [-0.2, -0.15) is 10.2 Å². The maximum atomic E-state index is 12.0. The third-order valence-corrected chi connectivity index (χ3v) is 5.39. The molecule has 0 aromatic heterocycles. The van der Waals surface area contributed by atoms with Gasteiger partial charge in [0.05, 0.1) is 12.4 Å². The van der Waals surface area contributed by atoms with E-state index in [2.05, 4.69) is 34.2 Å². The van der Waals surface area contributed by atoms with Gasteiger partial charge in [-0.1, -0.05) is 75.3 Å². The van der Waals surface area contributed by atoms with Gasteiger partial charge in [0.2, 0.25) is 11.8 Å². The lowest BCUT2D eigenvalue weighted by molar-refractivity contribution is -0.122. The second-order valence-corrected chi connectivity index (χ2v) is 8.48.